The van der Waals surface area contributed by atoms with Crippen molar-refractivity contribution >= 4 is 23.2 Å². The average Bonchev–Trinajstić information content (AvgIpc) is 3.10. The average molecular weight is 364 g/mol. The van der Waals surface area contributed by atoms with E-state index >= 15 is 0 Å². The molecule has 142 valence electrons. The van der Waals surface area contributed by atoms with Gasteiger partial charge in [-0.25, -0.2) is 0 Å². The van der Waals surface area contributed by atoms with E-state index in [9.17, 15) is 0 Å². The van der Waals surface area contributed by atoms with E-state index in [-0.39, 0.29) is 18.3 Å². The third kappa shape index (κ3) is 5.34. The van der Waals surface area contributed by atoms with Crippen LogP contribution >= 0.6 is 11.3 Å². The molecule has 1 fully saturated rings. The van der Waals surface area contributed by atoms with Crippen LogP contribution in [0.5, 0.6) is 0 Å². The van der Waals surface area contributed by atoms with Crippen molar-refractivity contribution in [2.75, 3.05) is 0 Å². The first-order chi connectivity index (χ1) is 11.8. The molecule has 0 aromatic carbocycles. The molecular formula is C21H37BO2S. The molecule has 1 atom stereocenters. The lowest BCUT2D eigenvalue weighted by Crippen LogP contribution is -2.41. The zero-order valence-electron chi connectivity index (χ0n) is 17.2. The Bertz CT molecular complexity index is 508. The molecule has 0 aliphatic carbocycles. The van der Waals surface area contributed by atoms with E-state index in [2.05, 4.69) is 53.7 Å². The van der Waals surface area contributed by atoms with Crippen molar-refractivity contribution in [2.24, 2.45) is 0 Å². The summed E-state index contributed by atoms with van der Waals surface area (Å²) in [5, 5.41) is 0. The minimum absolute atomic E-state index is 0.213. The van der Waals surface area contributed by atoms with E-state index in [0.29, 0.717) is 5.92 Å². The van der Waals surface area contributed by atoms with Crippen molar-refractivity contribution < 1.29 is 9.31 Å². The van der Waals surface area contributed by atoms with Gasteiger partial charge in [0.15, 0.2) is 0 Å². The third-order valence-corrected chi connectivity index (χ3v) is 7.20. The summed E-state index contributed by atoms with van der Waals surface area (Å²) in [6, 6.07) is 4.52. The largest absolute Gasteiger partial charge is 0.505 e. The summed E-state index contributed by atoms with van der Waals surface area (Å²) in [7, 11) is -0.213. The predicted octanol–water partition coefficient (Wildman–Crippen LogP) is 6.29. The van der Waals surface area contributed by atoms with Gasteiger partial charge in [0.05, 0.1) is 11.2 Å². The first-order valence-electron chi connectivity index (χ1n) is 10.3. The number of hydrogen-bond acceptors (Lipinski definition) is 3. The number of rotatable bonds is 10. The fraction of sp³-hybridized carbons (Fsp3) is 0.810. The second kappa shape index (κ2) is 9.06. The lowest BCUT2D eigenvalue weighted by atomic mass is 9.88. The van der Waals surface area contributed by atoms with Crippen LogP contribution in [0.2, 0.25) is 0 Å². The molecule has 1 saturated heterocycles. The Morgan fingerprint density at radius 2 is 1.52 bits per heavy atom. The molecule has 0 saturated carbocycles. The molecule has 0 N–H and O–H groups in total. The summed E-state index contributed by atoms with van der Waals surface area (Å²) in [5.41, 5.74) is -0.519. The van der Waals surface area contributed by atoms with Gasteiger partial charge in [-0.3, -0.25) is 0 Å². The number of thiophene rings is 1. The molecule has 0 amide bonds. The highest BCUT2D eigenvalue weighted by molar-refractivity contribution is 7.22. The molecule has 4 heteroatoms. The molecule has 0 spiro atoms. The zero-order valence-corrected chi connectivity index (χ0v) is 18.0. The van der Waals surface area contributed by atoms with Gasteiger partial charge < -0.3 is 9.31 Å². The van der Waals surface area contributed by atoms with Crippen LogP contribution in [-0.4, -0.2) is 18.3 Å². The van der Waals surface area contributed by atoms with E-state index < -0.39 is 0 Å². The molecule has 1 aliphatic rings. The van der Waals surface area contributed by atoms with Gasteiger partial charge in [-0.15, -0.1) is 11.3 Å². The Morgan fingerprint density at radius 3 is 2.12 bits per heavy atom. The lowest BCUT2D eigenvalue weighted by Gasteiger charge is -2.32. The summed E-state index contributed by atoms with van der Waals surface area (Å²) in [5.74, 6) is 0.687. The highest BCUT2D eigenvalue weighted by atomic mass is 32.1. The molecule has 25 heavy (non-hydrogen) atoms. The molecule has 0 radical (unpaired) electrons. The van der Waals surface area contributed by atoms with Gasteiger partial charge in [-0.1, -0.05) is 58.4 Å². The Morgan fingerprint density at radius 1 is 0.920 bits per heavy atom. The SMILES string of the molecule is CCCCCCCCC(CC)c1ccc(B2OC(C)(C)C(C)(C)O2)s1. The Balaban J connectivity index is 1.88. The van der Waals surface area contributed by atoms with E-state index in [1.165, 1.54) is 61.0 Å². The molecule has 1 aromatic rings. The van der Waals surface area contributed by atoms with Crippen molar-refractivity contribution in [1.29, 1.82) is 0 Å². The van der Waals surface area contributed by atoms with Crippen LogP contribution in [0.3, 0.4) is 0 Å². The fourth-order valence-electron chi connectivity index (χ4n) is 3.39. The fourth-order valence-corrected chi connectivity index (χ4v) is 4.58. The normalized spacial score (nSPS) is 20.2. The van der Waals surface area contributed by atoms with Crippen LogP contribution in [0, 0.1) is 0 Å². The summed E-state index contributed by atoms with van der Waals surface area (Å²) >= 11 is 1.89. The second-order valence-electron chi connectivity index (χ2n) is 8.49. The molecule has 2 heterocycles. The van der Waals surface area contributed by atoms with Crippen molar-refractivity contribution in [3.8, 4) is 0 Å². The maximum atomic E-state index is 6.20. The van der Waals surface area contributed by atoms with Gasteiger partial charge in [0.25, 0.3) is 0 Å². The Kier molecular flexibility index (Phi) is 7.60. The maximum Gasteiger partial charge on any atom is 0.505 e. The number of unbranched alkanes of at least 4 members (excludes halogenated alkanes) is 5. The Hall–Kier alpha value is -0.315. The van der Waals surface area contributed by atoms with Crippen molar-refractivity contribution in [3.05, 3.63) is 17.0 Å². The summed E-state index contributed by atoms with van der Waals surface area (Å²) in [6.07, 6.45) is 10.8. The Labute approximate surface area is 159 Å². The molecular weight excluding hydrogens is 327 g/mol. The first kappa shape index (κ1) is 21.0. The number of hydrogen-bond donors (Lipinski definition) is 0. The van der Waals surface area contributed by atoms with Gasteiger partial charge in [-0.2, -0.15) is 0 Å². The molecule has 2 nitrogen and oxygen atoms in total. The van der Waals surface area contributed by atoms with Gasteiger partial charge in [0, 0.05) is 9.65 Å². The highest BCUT2D eigenvalue weighted by Crippen LogP contribution is 2.37. The van der Waals surface area contributed by atoms with Crippen LogP contribution in [0.1, 0.15) is 104 Å². The monoisotopic (exact) mass is 364 g/mol. The minimum atomic E-state index is -0.259. The first-order valence-corrected chi connectivity index (χ1v) is 11.1. The summed E-state index contributed by atoms with van der Waals surface area (Å²) in [4.78, 5) is 1.50. The van der Waals surface area contributed by atoms with Crippen LogP contribution in [0.25, 0.3) is 0 Å². The standard InChI is InChI=1S/C21H37BO2S/c1-7-9-10-11-12-13-14-17(8-2)18-15-16-19(25-18)22-23-20(3,4)21(5,6)24-22/h15-17H,7-14H2,1-6H3. The zero-order chi connectivity index (χ0) is 18.5. The van der Waals surface area contributed by atoms with Crippen molar-refractivity contribution in [3.63, 3.8) is 0 Å². The minimum Gasteiger partial charge on any atom is -0.399 e. The quantitative estimate of drug-likeness (QED) is 0.359. The van der Waals surface area contributed by atoms with Crippen LogP contribution in [0.4, 0.5) is 0 Å². The summed E-state index contributed by atoms with van der Waals surface area (Å²) in [6.45, 7) is 13.1. The molecule has 0 bridgehead atoms. The smallest absolute Gasteiger partial charge is 0.399 e. The maximum absolute atomic E-state index is 6.20. The molecule has 1 aliphatic heterocycles. The van der Waals surface area contributed by atoms with E-state index in [1.807, 2.05) is 11.3 Å². The van der Waals surface area contributed by atoms with Crippen molar-refractivity contribution in [1.82, 2.24) is 0 Å². The van der Waals surface area contributed by atoms with Crippen LogP contribution in [0.15, 0.2) is 12.1 Å². The van der Waals surface area contributed by atoms with E-state index in [0.717, 1.165) is 0 Å². The van der Waals surface area contributed by atoms with Gasteiger partial charge in [0.1, 0.15) is 0 Å². The lowest BCUT2D eigenvalue weighted by molar-refractivity contribution is 0.00578. The molecule has 1 unspecified atom stereocenters. The van der Waals surface area contributed by atoms with Gasteiger partial charge >= 0.3 is 7.12 Å². The third-order valence-electron chi connectivity index (χ3n) is 5.93. The van der Waals surface area contributed by atoms with E-state index in [1.54, 1.807) is 0 Å². The molecule has 1 aromatic heterocycles. The van der Waals surface area contributed by atoms with Gasteiger partial charge in [-0.05, 0) is 52.5 Å². The van der Waals surface area contributed by atoms with Crippen molar-refractivity contribution in [2.45, 2.75) is 110 Å². The van der Waals surface area contributed by atoms with Crippen LogP contribution < -0.4 is 4.78 Å². The molecule has 2 rings (SSSR count). The highest BCUT2D eigenvalue weighted by Gasteiger charge is 2.52. The van der Waals surface area contributed by atoms with Crippen LogP contribution in [-0.2, 0) is 9.31 Å². The topological polar surface area (TPSA) is 18.5 Å². The van der Waals surface area contributed by atoms with Gasteiger partial charge in [0.2, 0.25) is 0 Å². The predicted molar refractivity (Wildman–Crippen MR) is 111 cm³/mol. The van der Waals surface area contributed by atoms with E-state index in [4.69, 9.17) is 9.31 Å². The summed E-state index contributed by atoms with van der Waals surface area (Å²) < 4.78 is 13.6. The second-order valence-corrected chi connectivity index (χ2v) is 9.64.